The monoisotopic (exact) mass is 201 g/mol. The van der Waals surface area contributed by atoms with Gasteiger partial charge in [0, 0.05) is 13.0 Å². The van der Waals surface area contributed by atoms with E-state index in [-0.39, 0.29) is 18.5 Å². The van der Waals surface area contributed by atoms with Crippen LogP contribution in [0.25, 0.3) is 0 Å². The molecule has 76 valence electrons. The second-order valence-electron chi connectivity index (χ2n) is 2.62. The summed E-state index contributed by atoms with van der Waals surface area (Å²) in [6.45, 7) is -0.126. The van der Waals surface area contributed by atoms with E-state index >= 15 is 0 Å². The smallest absolute Gasteiger partial charge is 0.412 e. The molecule has 0 aromatic heterocycles. The van der Waals surface area contributed by atoms with E-state index in [1.54, 1.807) is 0 Å². The van der Waals surface area contributed by atoms with Gasteiger partial charge in [-0.05, 0) is 0 Å². The Morgan fingerprint density at radius 3 is 2.00 bits per heavy atom. The van der Waals surface area contributed by atoms with Gasteiger partial charge in [-0.3, -0.25) is 4.90 Å². The average molecular weight is 201 g/mol. The zero-order valence-electron chi connectivity index (χ0n) is 6.93. The van der Waals surface area contributed by atoms with Gasteiger partial charge in [0.05, 0.1) is 5.57 Å². The van der Waals surface area contributed by atoms with Crippen molar-refractivity contribution in [1.82, 2.24) is 4.90 Å². The molecule has 0 spiro atoms. The highest BCUT2D eigenvalue weighted by Crippen LogP contribution is 2.23. The lowest BCUT2D eigenvalue weighted by molar-refractivity contribution is -0.136. The van der Waals surface area contributed by atoms with Crippen LogP contribution in [0, 0.1) is 0 Å². The van der Waals surface area contributed by atoms with Gasteiger partial charge in [-0.1, -0.05) is 0 Å². The minimum atomic E-state index is -1.54. The number of carboxylic acid groups (broad SMARTS) is 3. The van der Waals surface area contributed by atoms with Crippen LogP contribution < -0.4 is 0 Å². The van der Waals surface area contributed by atoms with Gasteiger partial charge < -0.3 is 15.3 Å². The number of nitrogens with zero attached hydrogens (tertiary/aromatic N) is 1. The molecule has 7 heteroatoms. The molecule has 0 aromatic rings. The number of hydrogen-bond donors (Lipinski definition) is 3. The topological polar surface area (TPSA) is 115 Å². The van der Waals surface area contributed by atoms with Crippen LogP contribution in [0.1, 0.15) is 6.42 Å². The minimum Gasteiger partial charge on any atom is -0.478 e. The van der Waals surface area contributed by atoms with E-state index in [1.807, 2.05) is 0 Å². The third-order valence-electron chi connectivity index (χ3n) is 1.83. The summed E-state index contributed by atoms with van der Waals surface area (Å²) < 4.78 is 0. The molecule has 3 N–H and O–H groups in total. The van der Waals surface area contributed by atoms with Crippen molar-refractivity contribution in [2.45, 2.75) is 6.42 Å². The molecule has 1 aliphatic rings. The standard InChI is InChI=1S/C7H7NO6/c9-5(10)3-1-2-8(7(13)14)4(3)6(11)12/h1-2H2,(H,9,10)(H,11,12)(H,13,14). The molecule has 0 radical (unpaired) electrons. The normalized spacial score (nSPS) is 15.9. The summed E-state index contributed by atoms with van der Waals surface area (Å²) in [5.74, 6) is -2.94. The van der Waals surface area contributed by atoms with Gasteiger partial charge in [0.2, 0.25) is 0 Å². The Kier molecular flexibility index (Phi) is 2.41. The Hall–Kier alpha value is -2.05. The third-order valence-corrected chi connectivity index (χ3v) is 1.83. The van der Waals surface area contributed by atoms with Crippen LogP contribution in [0.5, 0.6) is 0 Å². The van der Waals surface area contributed by atoms with Crippen LogP contribution in [-0.4, -0.2) is 44.8 Å². The average Bonchev–Trinajstić information content (AvgIpc) is 2.46. The Morgan fingerprint density at radius 1 is 1.07 bits per heavy atom. The molecule has 0 atom stereocenters. The highest BCUT2D eigenvalue weighted by Gasteiger charge is 2.34. The second-order valence-corrected chi connectivity index (χ2v) is 2.62. The van der Waals surface area contributed by atoms with Crippen LogP contribution in [0.2, 0.25) is 0 Å². The fourth-order valence-corrected chi connectivity index (χ4v) is 1.26. The molecule has 1 heterocycles. The van der Waals surface area contributed by atoms with Gasteiger partial charge in [0.1, 0.15) is 5.70 Å². The predicted molar refractivity (Wildman–Crippen MR) is 41.6 cm³/mol. The zero-order valence-corrected chi connectivity index (χ0v) is 6.93. The lowest BCUT2D eigenvalue weighted by Gasteiger charge is -2.12. The summed E-state index contributed by atoms with van der Waals surface area (Å²) in [5.41, 5.74) is -1.04. The van der Waals surface area contributed by atoms with Crippen LogP contribution in [0.4, 0.5) is 4.79 Å². The van der Waals surface area contributed by atoms with Gasteiger partial charge in [-0.25, -0.2) is 14.4 Å². The van der Waals surface area contributed by atoms with Gasteiger partial charge in [-0.2, -0.15) is 0 Å². The fraction of sp³-hybridized carbons (Fsp3) is 0.286. The summed E-state index contributed by atoms with van der Waals surface area (Å²) in [7, 11) is 0. The summed E-state index contributed by atoms with van der Waals surface area (Å²) in [6.07, 6.45) is -1.54. The summed E-state index contributed by atoms with van der Waals surface area (Å²) in [4.78, 5) is 32.2. The molecule has 1 rings (SSSR count). The van der Waals surface area contributed by atoms with Crippen molar-refractivity contribution in [3.63, 3.8) is 0 Å². The lowest BCUT2D eigenvalue weighted by Crippen LogP contribution is -2.29. The maximum absolute atomic E-state index is 10.6. The van der Waals surface area contributed by atoms with Gasteiger partial charge in [0.15, 0.2) is 0 Å². The second kappa shape index (κ2) is 3.36. The highest BCUT2D eigenvalue weighted by atomic mass is 16.4. The summed E-state index contributed by atoms with van der Waals surface area (Å²) in [5, 5.41) is 25.8. The van der Waals surface area contributed by atoms with Crippen LogP contribution in [0.3, 0.4) is 0 Å². The molecule has 7 nitrogen and oxygen atoms in total. The number of hydrogen-bond acceptors (Lipinski definition) is 3. The molecule has 0 aromatic carbocycles. The Labute approximate surface area is 77.9 Å². The molecular formula is C7H7NO6. The first-order valence-corrected chi connectivity index (χ1v) is 3.65. The minimum absolute atomic E-state index is 0.0801. The van der Waals surface area contributed by atoms with E-state index < -0.39 is 23.7 Å². The van der Waals surface area contributed by atoms with E-state index in [4.69, 9.17) is 15.3 Å². The first-order valence-electron chi connectivity index (χ1n) is 3.65. The Morgan fingerprint density at radius 2 is 1.64 bits per heavy atom. The van der Waals surface area contributed by atoms with Crippen molar-refractivity contribution < 1.29 is 29.7 Å². The molecule has 1 amide bonds. The van der Waals surface area contributed by atoms with Crippen molar-refractivity contribution in [3.05, 3.63) is 11.3 Å². The van der Waals surface area contributed by atoms with Crippen LogP contribution in [-0.2, 0) is 9.59 Å². The first-order chi connectivity index (χ1) is 6.45. The zero-order chi connectivity index (χ0) is 10.9. The van der Waals surface area contributed by atoms with E-state index in [0.717, 1.165) is 0 Å². The molecule has 0 bridgehead atoms. The first kappa shape index (κ1) is 10.0. The molecule has 0 fully saturated rings. The predicted octanol–water partition coefficient (Wildman–Crippen LogP) is -0.207. The van der Waals surface area contributed by atoms with Crippen molar-refractivity contribution in [2.24, 2.45) is 0 Å². The maximum Gasteiger partial charge on any atom is 0.412 e. The van der Waals surface area contributed by atoms with Gasteiger partial charge >= 0.3 is 18.0 Å². The number of carbonyl (C=O) groups is 3. The lowest BCUT2D eigenvalue weighted by atomic mass is 10.2. The summed E-state index contributed by atoms with van der Waals surface area (Å²) in [6, 6.07) is 0. The van der Waals surface area contributed by atoms with E-state index in [1.165, 1.54) is 0 Å². The van der Waals surface area contributed by atoms with Crippen molar-refractivity contribution in [1.29, 1.82) is 0 Å². The van der Waals surface area contributed by atoms with Gasteiger partial charge in [0.25, 0.3) is 0 Å². The molecule has 0 saturated heterocycles. The molecule has 1 aliphatic heterocycles. The van der Waals surface area contributed by atoms with Crippen LogP contribution in [0.15, 0.2) is 11.3 Å². The fourth-order valence-electron chi connectivity index (χ4n) is 1.26. The Bertz CT molecular complexity index is 344. The molecule has 0 unspecified atom stereocenters. The maximum atomic E-state index is 10.6. The molecule has 0 saturated carbocycles. The van der Waals surface area contributed by atoms with Gasteiger partial charge in [-0.15, -0.1) is 0 Å². The molecule has 14 heavy (non-hydrogen) atoms. The Balaban J connectivity index is 3.15. The SMILES string of the molecule is O=C(O)C1=C(C(=O)O)N(C(=O)O)CC1. The highest BCUT2D eigenvalue weighted by molar-refractivity contribution is 6.01. The largest absolute Gasteiger partial charge is 0.478 e. The molecule has 0 aliphatic carbocycles. The van der Waals surface area contributed by atoms with E-state index in [0.29, 0.717) is 4.90 Å². The quantitative estimate of drug-likeness (QED) is 0.569. The third kappa shape index (κ3) is 1.51. The summed E-state index contributed by atoms with van der Waals surface area (Å²) >= 11 is 0. The number of aliphatic carboxylic acids is 2. The van der Waals surface area contributed by atoms with E-state index in [2.05, 4.69) is 0 Å². The van der Waals surface area contributed by atoms with E-state index in [9.17, 15) is 14.4 Å². The number of carboxylic acids is 2. The van der Waals surface area contributed by atoms with Crippen molar-refractivity contribution in [3.8, 4) is 0 Å². The van der Waals surface area contributed by atoms with Crippen molar-refractivity contribution >= 4 is 18.0 Å². The van der Waals surface area contributed by atoms with Crippen molar-refractivity contribution in [2.75, 3.05) is 6.54 Å². The number of amides is 1. The van der Waals surface area contributed by atoms with Crippen LogP contribution >= 0.6 is 0 Å². The molecular weight excluding hydrogens is 194 g/mol. The number of rotatable bonds is 2.